The predicted octanol–water partition coefficient (Wildman–Crippen LogP) is 1.80. The van der Waals surface area contributed by atoms with Crippen LogP contribution in [0.4, 0.5) is 5.69 Å². The largest absolute Gasteiger partial charge is 0.397 e. The van der Waals surface area contributed by atoms with Crippen molar-refractivity contribution in [3.63, 3.8) is 0 Å². The maximum Gasteiger partial charge on any atom is 0.253 e. The molecule has 0 aliphatic heterocycles. The third kappa shape index (κ3) is 2.84. The van der Waals surface area contributed by atoms with Gasteiger partial charge in [0.2, 0.25) is 0 Å². The third-order valence-electron chi connectivity index (χ3n) is 2.26. The van der Waals surface area contributed by atoms with Gasteiger partial charge in [-0.15, -0.1) is 0 Å². The average molecular weight is 585 g/mol. The van der Waals surface area contributed by atoms with Crippen LogP contribution in [0.15, 0.2) is 0 Å². The van der Waals surface area contributed by atoms with Gasteiger partial charge in [-0.25, -0.2) is 0 Å². The van der Waals surface area contributed by atoms with Crippen LogP contribution in [0.25, 0.3) is 0 Å². The summed E-state index contributed by atoms with van der Waals surface area (Å²) in [5.41, 5.74) is 7.29. The van der Waals surface area contributed by atoms with Crippen molar-refractivity contribution in [2.45, 2.75) is 0 Å². The first kappa shape index (κ1) is 16.2. The molecule has 98 valence electrons. The van der Waals surface area contributed by atoms with Crippen LogP contribution < -0.4 is 16.4 Å². The molecule has 0 aliphatic rings. The minimum atomic E-state index is -0.253. The number of carbonyl (C=O) groups is 2. The first-order valence-corrected chi connectivity index (χ1v) is 8.00. The van der Waals surface area contributed by atoms with Crippen LogP contribution in [0.2, 0.25) is 0 Å². The van der Waals surface area contributed by atoms with Crippen molar-refractivity contribution < 1.29 is 9.59 Å². The second-order valence-electron chi connectivity index (χ2n) is 3.26. The topological polar surface area (TPSA) is 84.2 Å². The van der Waals surface area contributed by atoms with E-state index in [-0.39, 0.29) is 11.8 Å². The molecule has 0 aliphatic carbocycles. The Morgan fingerprint density at radius 3 is 1.50 bits per heavy atom. The zero-order valence-electron chi connectivity index (χ0n) is 9.53. The van der Waals surface area contributed by atoms with Crippen LogP contribution in [-0.4, -0.2) is 25.9 Å². The predicted molar refractivity (Wildman–Crippen MR) is 95.8 cm³/mol. The number of carbonyl (C=O) groups excluding carboxylic acids is 2. The van der Waals surface area contributed by atoms with Crippen molar-refractivity contribution in [3.05, 3.63) is 21.8 Å². The quantitative estimate of drug-likeness (QED) is 0.366. The number of halogens is 3. The summed E-state index contributed by atoms with van der Waals surface area (Å²) < 4.78 is 1.93. The van der Waals surface area contributed by atoms with Gasteiger partial charge in [0.15, 0.2) is 0 Å². The molecule has 0 bridgehead atoms. The Kier molecular flexibility index (Phi) is 5.89. The molecule has 1 aromatic rings. The van der Waals surface area contributed by atoms with E-state index in [0.29, 0.717) is 27.5 Å². The highest BCUT2D eigenvalue weighted by Crippen LogP contribution is 2.33. The fourth-order valence-electron chi connectivity index (χ4n) is 1.33. The zero-order chi connectivity index (χ0) is 14.0. The zero-order valence-corrected chi connectivity index (χ0v) is 16.0. The molecule has 0 spiro atoms. The van der Waals surface area contributed by atoms with Gasteiger partial charge in [-0.05, 0) is 67.8 Å². The molecule has 0 unspecified atom stereocenters. The Morgan fingerprint density at radius 1 is 0.889 bits per heavy atom. The van der Waals surface area contributed by atoms with E-state index in [1.54, 1.807) is 14.1 Å². The third-order valence-corrected chi connectivity index (χ3v) is 5.58. The first-order valence-electron chi connectivity index (χ1n) is 4.76. The molecule has 0 saturated heterocycles. The maximum absolute atomic E-state index is 11.9. The van der Waals surface area contributed by atoms with Crippen molar-refractivity contribution in [2.75, 3.05) is 19.8 Å². The van der Waals surface area contributed by atoms with E-state index in [1.807, 2.05) is 67.8 Å². The smallest absolute Gasteiger partial charge is 0.253 e. The Labute approximate surface area is 145 Å². The van der Waals surface area contributed by atoms with Crippen LogP contribution in [0, 0.1) is 10.7 Å². The molecule has 4 N–H and O–H groups in total. The van der Waals surface area contributed by atoms with E-state index in [4.69, 9.17) is 5.73 Å². The summed E-state index contributed by atoms with van der Waals surface area (Å²) in [5, 5.41) is 5.11. The van der Waals surface area contributed by atoms with Crippen LogP contribution >= 0.6 is 67.8 Å². The minimum Gasteiger partial charge on any atom is -0.397 e. The number of benzene rings is 1. The summed E-state index contributed by atoms with van der Waals surface area (Å²) >= 11 is 6.04. The summed E-state index contributed by atoms with van der Waals surface area (Å²) in [6.45, 7) is 0. The molecular formula is C10H10I3N3O2. The molecule has 0 heterocycles. The van der Waals surface area contributed by atoms with Crippen molar-refractivity contribution >= 4 is 85.3 Å². The molecule has 8 heteroatoms. The molecule has 0 fully saturated rings. The number of nitrogen functional groups attached to an aromatic ring is 1. The van der Waals surface area contributed by atoms with Crippen LogP contribution in [-0.2, 0) is 0 Å². The second-order valence-corrected chi connectivity index (χ2v) is 6.50. The van der Waals surface area contributed by atoms with E-state index in [9.17, 15) is 9.59 Å². The van der Waals surface area contributed by atoms with Gasteiger partial charge in [-0.2, -0.15) is 0 Å². The van der Waals surface area contributed by atoms with Crippen LogP contribution in [0.1, 0.15) is 20.7 Å². The van der Waals surface area contributed by atoms with Gasteiger partial charge in [-0.3, -0.25) is 9.59 Å². The number of amides is 2. The van der Waals surface area contributed by atoms with Crippen molar-refractivity contribution in [1.82, 2.24) is 10.6 Å². The van der Waals surface area contributed by atoms with Gasteiger partial charge in [0, 0.05) is 17.7 Å². The van der Waals surface area contributed by atoms with Crippen molar-refractivity contribution in [3.8, 4) is 0 Å². The molecule has 1 rings (SSSR count). The summed E-state index contributed by atoms with van der Waals surface area (Å²) in [5.74, 6) is -0.505. The van der Waals surface area contributed by atoms with Gasteiger partial charge >= 0.3 is 0 Å². The molecule has 0 atom stereocenters. The lowest BCUT2D eigenvalue weighted by molar-refractivity contribution is 0.0961. The molecule has 1 aromatic carbocycles. The van der Waals surface area contributed by atoms with Crippen molar-refractivity contribution in [1.29, 1.82) is 0 Å². The number of nitrogens with two attached hydrogens (primary N) is 1. The van der Waals surface area contributed by atoms with Gasteiger partial charge in [0.1, 0.15) is 0 Å². The lowest BCUT2D eigenvalue weighted by Gasteiger charge is -2.15. The molecule has 0 saturated carbocycles. The van der Waals surface area contributed by atoms with Gasteiger partial charge in [0.05, 0.1) is 24.0 Å². The Morgan fingerprint density at radius 2 is 1.22 bits per heavy atom. The van der Waals surface area contributed by atoms with Gasteiger partial charge in [-0.1, -0.05) is 0 Å². The number of hydrogen-bond acceptors (Lipinski definition) is 3. The van der Waals surface area contributed by atoms with E-state index in [2.05, 4.69) is 10.6 Å². The molecule has 5 nitrogen and oxygen atoms in total. The van der Waals surface area contributed by atoms with E-state index >= 15 is 0 Å². The van der Waals surface area contributed by atoms with Gasteiger partial charge < -0.3 is 16.4 Å². The second kappa shape index (κ2) is 6.54. The summed E-state index contributed by atoms with van der Waals surface area (Å²) in [6.07, 6.45) is 0. The van der Waals surface area contributed by atoms with E-state index in [0.717, 1.165) is 0 Å². The SMILES string of the molecule is CNC(=O)c1c(I)c(N)c(I)c(C(=O)NC)c1I. The Hall–Kier alpha value is 0.150. The lowest BCUT2D eigenvalue weighted by atomic mass is 10.1. The Balaban J connectivity index is 3.70. The maximum atomic E-state index is 11.9. The summed E-state index contributed by atoms with van der Waals surface area (Å²) in [4.78, 5) is 23.7. The number of anilines is 1. The fraction of sp³-hybridized carbons (Fsp3) is 0.200. The molecule has 18 heavy (non-hydrogen) atoms. The number of hydrogen-bond donors (Lipinski definition) is 3. The highest BCUT2D eigenvalue weighted by atomic mass is 127. The Bertz CT molecular complexity index is 489. The highest BCUT2D eigenvalue weighted by Gasteiger charge is 2.25. The first-order chi connectivity index (χ1) is 8.36. The minimum absolute atomic E-state index is 0.253. The molecule has 0 aromatic heterocycles. The molecular weight excluding hydrogens is 575 g/mol. The fourth-order valence-corrected chi connectivity index (χ4v) is 5.48. The van der Waals surface area contributed by atoms with E-state index in [1.165, 1.54) is 0 Å². The summed E-state index contributed by atoms with van der Waals surface area (Å²) in [6, 6.07) is 0. The average Bonchev–Trinajstić information content (AvgIpc) is 2.35. The van der Waals surface area contributed by atoms with E-state index < -0.39 is 0 Å². The van der Waals surface area contributed by atoms with Crippen LogP contribution in [0.3, 0.4) is 0 Å². The highest BCUT2D eigenvalue weighted by molar-refractivity contribution is 14.1. The molecule has 0 radical (unpaired) electrons. The van der Waals surface area contributed by atoms with Crippen molar-refractivity contribution in [2.24, 2.45) is 0 Å². The molecule has 2 amide bonds. The number of rotatable bonds is 2. The summed E-state index contributed by atoms with van der Waals surface area (Å²) in [7, 11) is 3.09. The number of nitrogens with one attached hydrogen (secondary N) is 2. The van der Waals surface area contributed by atoms with Gasteiger partial charge in [0.25, 0.3) is 11.8 Å². The lowest BCUT2D eigenvalue weighted by Crippen LogP contribution is -2.26. The monoisotopic (exact) mass is 585 g/mol. The van der Waals surface area contributed by atoms with Crippen LogP contribution in [0.5, 0.6) is 0 Å². The normalized spacial score (nSPS) is 10.1. The standard InChI is InChI=1S/C10H10I3N3O2/c1-15-9(17)3-5(11)4(10(18)16-2)7(13)8(14)6(3)12/h14H2,1-2H3,(H,15,17)(H,16,18).